The molecule has 0 saturated heterocycles. The molecular formula is C22H28N2O3. The fourth-order valence-corrected chi connectivity index (χ4v) is 2.58. The molecule has 2 rings (SSSR count). The normalized spacial score (nSPS) is 11.1. The van der Waals surface area contributed by atoms with E-state index >= 15 is 0 Å². The first-order valence-electron chi connectivity index (χ1n) is 9.10. The molecule has 0 saturated carbocycles. The first-order chi connectivity index (χ1) is 12.8. The molecule has 0 aromatic heterocycles. The van der Waals surface area contributed by atoms with E-state index in [4.69, 9.17) is 4.74 Å². The number of amides is 2. The van der Waals surface area contributed by atoms with Gasteiger partial charge in [0.25, 0.3) is 11.8 Å². The molecule has 0 spiro atoms. The maximum Gasteiger partial charge on any atom is 0.255 e. The van der Waals surface area contributed by atoms with Crippen molar-refractivity contribution < 1.29 is 14.3 Å². The Morgan fingerprint density at radius 2 is 1.67 bits per heavy atom. The fraction of sp³-hybridized carbons (Fsp3) is 0.364. The number of benzene rings is 2. The van der Waals surface area contributed by atoms with Gasteiger partial charge in [0.1, 0.15) is 0 Å². The van der Waals surface area contributed by atoms with Crippen molar-refractivity contribution in [2.45, 2.75) is 32.6 Å². The third-order valence-corrected chi connectivity index (χ3v) is 4.21. The highest BCUT2D eigenvalue weighted by Crippen LogP contribution is 2.22. The lowest BCUT2D eigenvalue weighted by Gasteiger charge is -2.19. The topological polar surface area (TPSA) is 67.4 Å². The monoisotopic (exact) mass is 368 g/mol. The summed E-state index contributed by atoms with van der Waals surface area (Å²) in [5.41, 5.74) is 2.89. The van der Waals surface area contributed by atoms with Gasteiger partial charge in [0, 0.05) is 37.1 Å². The maximum absolute atomic E-state index is 12.5. The Hall–Kier alpha value is -2.66. The average Bonchev–Trinajstić information content (AvgIpc) is 2.64. The summed E-state index contributed by atoms with van der Waals surface area (Å²) >= 11 is 0. The van der Waals surface area contributed by atoms with Crippen molar-refractivity contribution in [3.05, 3.63) is 65.2 Å². The zero-order chi connectivity index (χ0) is 19.9. The number of anilines is 1. The van der Waals surface area contributed by atoms with Gasteiger partial charge < -0.3 is 15.4 Å². The summed E-state index contributed by atoms with van der Waals surface area (Å²) in [6, 6.07) is 14.5. The van der Waals surface area contributed by atoms with Gasteiger partial charge in [-0.05, 0) is 47.7 Å². The van der Waals surface area contributed by atoms with Gasteiger partial charge in [0.2, 0.25) is 0 Å². The SMILES string of the molecule is COCCCNC(=O)c1cccc(NC(=O)c2ccc(C(C)(C)C)cc2)c1. The summed E-state index contributed by atoms with van der Waals surface area (Å²) < 4.78 is 4.96. The third kappa shape index (κ3) is 6.22. The van der Waals surface area contributed by atoms with Crippen LogP contribution in [0.3, 0.4) is 0 Å². The van der Waals surface area contributed by atoms with Crippen LogP contribution in [0.2, 0.25) is 0 Å². The first-order valence-corrected chi connectivity index (χ1v) is 9.10. The number of hydrogen-bond donors (Lipinski definition) is 2. The van der Waals surface area contributed by atoms with Crippen molar-refractivity contribution in [2.75, 3.05) is 25.6 Å². The quantitative estimate of drug-likeness (QED) is 0.726. The van der Waals surface area contributed by atoms with Crippen LogP contribution in [-0.2, 0) is 10.2 Å². The van der Waals surface area contributed by atoms with Crippen molar-refractivity contribution in [1.29, 1.82) is 0 Å². The highest BCUT2D eigenvalue weighted by molar-refractivity contribution is 6.05. The number of carbonyl (C=O) groups excluding carboxylic acids is 2. The lowest BCUT2D eigenvalue weighted by Crippen LogP contribution is -2.25. The molecule has 0 bridgehead atoms. The molecule has 0 aliphatic rings. The van der Waals surface area contributed by atoms with Gasteiger partial charge in [-0.2, -0.15) is 0 Å². The molecule has 0 heterocycles. The van der Waals surface area contributed by atoms with Gasteiger partial charge in [-0.25, -0.2) is 0 Å². The minimum atomic E-state index is -0.201. The van der Waals surface area contributed by atoms with Crippen LogP contribution in [0.15, 0.2) is 48.5 Å². The van der Waals surface area contributed by atoms with Crippen LogP contribution in [0, 0.1) is 0 Å². The number of nitrogens with one attached hydrogen (secondary N) is 2. The van der Waals surface area contributed by atoms with Crippen molar-refractivity contribution in [3.63, 3.8) is 0 Å². The number of methoxy groups -OCH3 is 1. The second-order valence-corrected chi connectivity index (χ2v) is 7.46. The molecule has 0 unspecified atom stereocenters. The Bertz CT molecular complexity index is 777. The Labute approximate surface area is 161 Å². The van der Waals surface area contributed by atoms with E-state index in [0.29, 0.717) is 30.0 Å². The Morgan fingerprint density at radius 1 is 0.963 bits per heavy atom. The molecule has 27 heavy (non-hydrogen) atoms. The molecule has 5 nitrogen and oxygen atoms in total. The summed E-state index contributed by atoms with van der Waals surface area (Å²) in [4.78, 5) is 24.7. The highest BCUT2D eigenvalue weighted by atomic mass is 16.5. The molecule has 144 valence electrons. The molecule has 0 aliphatic heterocycles. The highest BCUT2D eigenvalue weighted by Gasteiger charge is 2.14. The lowest BCUT2D eigenvalue weighted by atomic mass is 9.87. The molecule has 0 fully saturated rings. The fourth-order valence-electron chi connectivity index (χ4n) is 2.58. The average molecular weight is 368 g/mol. The van der Waals surface area contributed by atoms with Crippen molar-refractivity contribution in [3.8, 4) is 0 Å². The molecule has 0 aliphatic carbocycles. The minimum absolute atomic E-state index is 0.0416. The predicted molar refractivity (Wildman–Crippen MR) is 108 cm³/mol. The molecule has 0 radical (unpaired) electrons. The predicted octanol–water partition coefficient (Wildman–Crippen LogP) is 4.00. The van der Waals surface area contributed by atoms with Gasteiger partial charge >= 0.3 is 0 Å². The van der Waals surface area contributed by atoms with Gasteiger partial charge in [0.15, 0.2) is 0 Å². The van der Waals surface area contributed by atoms with Crippen LogP contribution in [0.25, 0.3) is 0 Å². The number of rotatable bonds is 7. The van der Waals surface area contributed by atoms with Crippen LogP contribution in [-0.4, -0.2) is 32.1 Å². The van der Waals surface area contributed by atoms with Gasteiger partial charge in [-0.15, -0.1) is 0 Å². The molecule has 2 N–H and O–H groups in total. The molecule has 2 aromatic rings. The van der Waals surface area contributed by atoms with Crippen LogP contribution in [0.4, 0.5) is 5.69 Å². The zero-order valence-electron chi connectivity index (χ0n) is 16.5. The van der Waals surface area contributed by atoms with Crippen LogP contribution in [0.1, 0.15) is 53.5 Å². The maximum atomic E-state index is 12.5. The Kier molecular flexibility index (Phi) is 7.13. The second-order valence-electron chi connectivity index (χ2n) is 7.46. The van der Waals surface area contributed by atoms with E-state index in [1.54, 1.807) is 31.4 Å². The number of ether oxygens (including phenoxy) is 1. The van der Waals surface area contributed by atoms with Crippen LogP contribution in [0.5, 0.6) is 0 Å². The smallest absolute Gasteiger partial charge is 0.255 e. The summed E-state index contributed by atoms with van der Waals surface area (Å²) in [6.45, 7) is 7.55. The van der Waals surface area contributed by atoms with Crippen LogP contribution < -0.4 is 10.6 Å². The first kappa shape index (κ1) is 20.6. The molecule has 0 atom stereocenters. The van der Waals surface area contributed by atoms with Gasteiger partial charge in [-0.3, -0.25) is 9.59 Å². The van der Waals surface area contributed by atoms with Crippen LogP contribution >= 0.6 is 0 Å². The summed E-state index contributed by atoms with van der Waals surface area (Å²) in [6.07, 6.45) is 0.753. The van der Waals surface area contributed by atoms with Gasteiger partial charge in [0.05, 0.1) is 0 Å². The molecule has 2 aromatic carbocycles. The summed E-state index contributed by atoms with van der Waals surface area (Å²) in [5.74, 6) is -0.371. The molecule has 2 amide bonds. The third-order valence-electron chi connectivity index (χ3n) is 4.21. The number of carbonyl (C=O) groups is 2. The van der Waals surface area contributed by atoms with Crippen molar-refractivity contribution >= 4 is 17.5 Å². The molecular weight excluding hydrogens is 340 g/mol. The van der Waals surface area contributed by atoms with Gasteiger partial charge in [-0.1, -0.05) is 39.0 Å². The second kappa shape index (κ2) is 9.33. The van der Waals surface area contributed by atoms with E-state index in [9.17, 15) is 9.59 Å². The molecule has 5 heteroatoms. The van der Waals surface area contributed by atoms with E-state index in [2.05, 4.69) is 31.4 Å². The van der Waals surface area contributed by atoms with E-state index in [0.717, 1.165) is 6.42 Å². The summed E-state index contributed by atoms with van der Waals surface area (Å²) in [5, 5.41) is 5.68. The lowest BCUT2D eigenvalue weighted by molar-refractivity contribution is 0.0947. The van der Waals surface area contributed by atoms with E-state index in [1.807, 2.05) is 24.3 Å². The minimum Gasteiger partial charge on any atom is -0.385 e. The largest absolute Gasteiger partial charge is 0.385 e. The Balaban J connectivity index is 2.00. The van der Waals surface area contributed by atoms with E-state index < -0.39 is 0 Å². The van der Waals surface area contributed by atoms with E-state index in [-0.39, 0.29) is 17.2 Å². The zero-order valence-corrected chi connectivity index (χ0v) is 16.5. The van der Waals surface area contributed by atoms with Crippen molar-refractivity contribution in [1.82, 2.24) is 5.32 Å². The Morgan fingerprint density at radius 3 is 2.30 bits per heavy atom. The number of hydrogen-bond acceptors (Lipinski definition) is 3. The summed E-state index contributed by atoms with van der Waals surface area (Å²) in [7, 11) is 1.63. The van der Waals surface area contributed by atoms with E-state index in [1.165, 1.54) is 5.56 Å². The van der Waals surface area contributed by atoms with Crippen molar-refractivity contribution in [2.24, 2.45) is 0 Å². The standard InChI is InChI=1S/C22H28N2O3/c1-22(2,3)18-11-9-16(10-12-18)21(26)24-19-8-5-7-17(15-19)20(25)23-13-6-14-27-4/h5,7-12,15H,6,13-14H2,1-4H3,(H,23,25)(H,24,26).